The van der Waals surface area contributed by atoms with Crippen LogP contribution in [-0.4, -0.2) is 12.1 Å². The van der Waals surface area contributed by atoms with Gasteiger partial charge in [-0.2, -0.15) is 0 Å². The molecule has 3 N–H and O–H groups in total. The molecule has 3 heteroatoms. The average molecular weight is 252 g/mol. The van der Waals surface area contributed by atoms with Crippen molar-refractivity contribution in [1.82, 2.24) is 4.98 Å². The highest BCUT2D eigenvalue weighted by Crippen LogP contribution is 2.31. The number of methoxy groups -OCH3 is 1. The van der Waals surface area contributed by atoms with Crippen molar-refractivity contribution in [2.75, 3.05) is 7.11 Å². The van der Waals surface area contributed by atoms with E-state index in [1.165, 1.54) is 0 Å². The molecule has 3 aromatic rings. The lowest BCUT2D eigenvalue weighted by Gasteiger charge is -2.15. The second-order valence-electron chi connectivity index (χ2n) is 4.51. The smallest absolute Gasteiger partial charge is 0.123 e. The molecule has 0 saturated heterocycles. The van der Waals surface area contributed by atoms with E-state index in [0.29, 0.717) is 0 Å². The summed E-state index contributed by atoms with van der Waals surface area (Å²) >= 11 is 0. The van der Waals surface area contributed by atoms with E-state index in [1.54, 1.807) is 7.11 Å². The number of ether oxygens (including phenoxy) is 1. The minimum absolute atomic E-state index is 0.202. The lowest BCUT2D eigenvalue weighted by atomic mass is 9.98. The Kier molecular flexibility index (Phi) is 2.97. The number of fused-ring (bicyclic) bond motifs is 1. The van der Waals surface area contributed by atoms with Crippen molar-refractivity contribution >= 4 is 10.9 Å². The van der Waals surface area contributed by atoms with Crippen molar-refractivity contribution in [2.24, 2.45) is 5.73 Å². The Balaban J connectivity index is 2.11. The van der Waals surface area contributed by atoms with Gasteiger partial charge >= 0.3 is 0 Å². The zero-order valence-electron chi connectivity index (χ0n) is 10.8. The van der Waals surface area contributed by atoms with Gasteiger partial charge in [0.05, 0.1) is 13.2 Å². The normalized spacial score (nSPS) is 12.5. The van der Waals surface area contributed by atoms with Crippen LogP contribution in [0, 0.1) is 0 Å². The molecule has 0 saturated carbocycles. The van der Waals surface area contributed by atoms with Crippen LogP contribution < -0.4 is 10.5 Å². The summed E-state index contributed by atoms with van der Waals surface area (Å²) in [6.07, 6.45) is 1.97. The summed E-state index contributed by atoms with van der Waals surface area (Å²) in [5.41, 5.74) is 9.58. The van der Waals surface area contributed by atoms with Gasteiger partial charge in [-0.25, -0.2) is 0 Å². The van der Waals surface area contributed by atoms with E-state index in [4.69, 9.17) is 10.5 Å². The predicted molar refractivity (Wildman–Crippen MR) is 77.3 cm³/mol. The van der Waals surface area contributed by atoms with Crippen molar-refractivity contribution in [3.8, 4) is 5.75 Å². The molecule has 0 amide bonds. The first-order chi connectivity index (χ1) is 9.31. The maximum atomic E-state index is 6.40. The summed E-state index contributed by atoms with van der Waals surface area (Å²) < 4.78 is 5.39. The van der Waals surface area contributed by atoms with Gasteiger partial charge < -0.3 is 15.5 Å². The molecule has 0 fully saturated rings. The third-order valence-corrected chi connectivity index (χ3v) is 3.43. The molecule has 2 aromatic carbocycles. The molecule has 0 spiro atoms. The van der Waals surface area contributed by atoms with Crippen molar-refractivity contribution in [3.63, 3.8) is 0 Å². The van der Waals surface area contributed by atoms with E-state index in [1.807, 2.05) is 48.7 Å². The first-order valence-corrected chi connectivity index (χ1v) is 6.26. The monoisotopic (exact) mass is 252 g/mol. The van der Waals surface area contributed by atoms with Crippen molar-refractivity contribution < 1.29 is 4.74 Å². The SMILES string of the molecule is COc1ccccc1C(N)c1c[nH]c2ccccc12. The van der Waals surface area contributed by atoms with E-state index in [9.17, 15) is 0 Å². The summed E-state index contributed by atoms with van der Waals surface area (Å²) in [6, 6.07) is 15.8. The number of benzene rings is 2. The van der Waals surface area contributed by atoms with Crippen LogP contribution in [0.2, 0.25) is 0 Å². The maximum absolute atomic E-state index is 6.40. The molecule has 0 radical (unpaired) electrons. The summed E-state index contributed by atoms with van der Waals surface area (Å²) in [7, 11) is 1.67. The largest absolute Gasteiger partial charge is 0.496 e. The fraction of sp³-hybridized carbons (Fsp3) is 0.125. The molecule has 0 bridgehead atoms. The minimum Gasteiger partial charge on any atom is -0.496 e. The molecule has 19 heavy (non-hydrogen) atoms. The molecule has 0 aliphatic rings. The van der Waals surface area contributed by atoms with Gasteiger partial charge in [0.15, 0.2) is 0 Å². The highest BCUT2D eigenvalue weighted by Gasteiger charge is 2.16. The molecule has 1 aromatic heterocycles. The lowest BCUT2D eigenvalue weighted by Crippen LogP contribution is -2.12. The molecule has 1 heterocycles. The topological polar surface area (TPSA) is 51.0 Å². The molecule has 0 aliphatic heterocycles. The molecule has 3 rings (SSSR count). The Morgan fingerprint density at radius 1 is 1.00 bits per heavy atom. The number of H-pyrrole nitrogens is 1. The first-order valence-electron chi connectivity index (χ1n) is 6.26. The highest BCUT2D eigenvalue weighted by molar-refractivity contribution is 5.84. The van der Waals surface area contributed by atoms with Crippen LogP contribution in [0.15, 0.2) is 54.7 Å². The first kappa shape index (κ1) is 11.8. The molecular formula is C16H16N2O. The molecule has 1 atom stereocenters. The van der Waals surface area contributed by atoms with Crippen molar-refractivity contribution in [3.05, 3.63) is 65.9 Å². The van der Waals surface area contributed by atoms with Gasteiger partial charge in [-0.05, 0) is 17.7 Å². The molecule has 3 nitrogen and oxygen atoms in total. The summed E-state index contributed by atoms with van der Waals surface area (Å²) in [5, 5.41) is 1.15. The van der Waals surface area contributed by atoms with Gasteiger partial charge in [0.1, 0.15) is 5.75 Å². The number of hydrogen-bond acceptors (Lipinski definition) is 2. The van der Waals surface area contributed by atoms with Crippen LogP contribution >= 0.6 is 0 Å². The number of nitrogens with one attached hydrogen (secondary N) is 1. The molecule has 1 unspecified atom stereocenters. The van der Waals surface area contributed by atoms with Crippen molar-refractivity contribution in [2.45, 2.75) is 6.04 Å². The van der Waals surface area contributed by atoms with Crippen LogP contribution in [-0.2, 0) is 0 Å². The Morgan fingerprint density at radius 2 is 1.74 bits per heavy atom. The number of para-hydroxylation sites is 2. The van der Waals surface area contributed by atoms with Gasteiger partial charge in [-0.3, -0.25) is 0 Å². The van der Waals surface area contributed by atoms with Gasteiger partial charge in [-0.1, -0.05) is 36.4 Å². The van der Waals surface area contributed by atoms with E-state index < -0.39 is 0 Å². The van der Waals surface area contributed by atoms with Crippen LogP contribution in [0.1, 0.15) is 17.2 Å². The Bertz CT molecular complexity index is 703. The molecular weight excluding hydrogens is 236 g/mol. The molecule has 96 valence electrons. The lowest BCUT2D eigenvalue weighted by molar-refractivity contribution is 0.408. The van der Waals surface area contributed by atoms with E-state index in [-0.39, 0.29) is 6.04 Å². The highest BCUT2D eigenvalue weighted by atomic mass is 16.5. The summed E-state index contributed by atoms with van der Waals surface area (Å²) in [5.74, 6) is 0.820. The number of rotatable bonds is 3. The maximum Gasteiger partial charge on any atom is 0.123 e. The predicted octanol–water partition coefficient (Wildman–Crippen LogP) is 3.22. The van der Waals surface area contributed by atoms with E-state index in [0.717, 1.165) is 27.8 Å². The van der Waals surface area contributed by atoms with E-state index >= 15 is 0 Å². The van der Waals surface area contributed by atoms with Gasteiger partial charge in [0.2, 0.25) is 0 Å². The Morgan fingerprint density at radius 3 is 2.58 bits per heavy atom. The second kappa shape index (κ2) is 4.78. The summed E-state index contributed by atoms with van der Waals surface area (Å²) in [4.78, 5) is 3.26. The van der Waals surface area contributed by atoms with Gasteiger partial charge in [0, 0.05) is 22.7 Å². The zero-order chi connectivity index (χ0) is 13.2. The number of aromatic nitrogens is 1. The third kappa shape index (κ3) is 1.98. The number of nitrogens with two attached hydrogens (primary N) is 1. The average Bonchev–Trinajstić information content (AvgIpc) is 2.90. The van der Waals surface area contributed by atoms with Crippen LogP contribution in [0.25, 0.3) is 10.9 Å². The minimum atomic E-state index is -0.202. The standard InChI is InChI=1S/C16H16N2O/c1-19-15-9-5-3-7-12(15)16(17)13-10-18-14-8-4-2-6-11(13)14/h2-10,16,18H,17H2,1H3. The molecule has 0 aliphatic carbocycles. The van der Waals surface area contributed by atoms with Gasteiger partial charge in [0.25, 0.3) is 0 Å². The summed E-state index contributed by atoms with van der Waals surface area (Å²) in [6.45, 7) is 0. The van der Waals surface area contributed by atoms with Crippen LogP contribution in [0.5, 0.6) is 5.75 Å². The van der Waals surface area contributed by atoms with Crippen LogP contribution in [0.4, 0.5) is 0 Å². The Labute approximate surface area is 112 Å². The number of aromatic amines is 1. The third-order valence-electron chi connectivity index (χ3n) is 3.43. The quantitative estimate of drug-likeness (QED) is 0.752. The number of hydrogen-bond donors (Lipinski definition) is 2. The van der Waals surface area contributed by atoms with Gasteiger partial charge in [-0.15, -0.1) is 0 Å². The fourth-order valence-electron chi connectivity index (χ4n) is 2.44. The van der Waals surface area contributed by atoms with E-state index in [2.05, 4.69) is 11.1 Å². The second-order valence-corrected chi connectivity index (χ2v) is 4.51. The van der Waals surface area contributed by atoms with Crippen LogP contribution in [0.3, 0.4) is 0 Å². The zero-order valence-corrected chi connectivity index (χ0v) is 10.8. The fourth-order valence-corrected chi connectivity index (χ4v) is 2.44. The van der Waals surface area contributed by atoms with Crippen molar-refractivity contribution in [1.29, 1.82) is 0 Å². The Hall–Kier alpha value is -2.26.